The predicted octanol–water partition coefficient (Wildman–Crippen LogP) is 10.7. The molecule has 45 heavy (non-hydrogen) atoms. The third-order valence-electron chi connectivity index (χ3n) is 10.2. The van der Waals surface area contributed by atoms with Gasteiger partial charge in [0.25, 0.3) is 0 Å². The van der Waals surface area contributed by atoms with Crippen LogP contribution in [0.15, 0.2) is 109 Å². The first-order valence-electron chi connectivity index (χ1n) is 15.5. The Balaban J connectivity index is 1.46. The van der Waals surface area contributed by atoms with Crippen molar-refractivity contribution in [2.75, 3.05) is 7.11 Å². The predicted molar refractivity (Wildman–Crippen MR) is 178 cm³/mol. The van der Waals surface area contributed by atoms with Crippen LogP contribution in [-0.4, -0.2) is 7.11 Å². The molecule has 1 atom stereocenters. The van der Waals surface area contributed by atoms with Crippen LogP contribution in [0, 0.1) is 11.6 Å². The number of halogens is 2. The highest BCUT2D eigenvalue weighted by atomic mass is 19.1. The van der Waals surface area contributed by atoms with Crippen LogP contribution in [0.3, 0.4) is 0 Å². The molecule has 1 aliphatic carbocycles. The molecule has 0 bridgehead atoms. The molecule has 6 aromatic rings. The minimum absolute atomic E-state index is 0.251. The van der Waals surface area contributed by atoms with Gasteiger partial charge >= 0.3 is 0 Å². The van der Waals surface area contributed by atoms with Crippen molar-refractivity contribution < 1.29 is 18.3 Å². The lowest BCUT2D eigenvalue weighted by molar-refractivity contribution is 0.163. The number of hydrogen-bond donors (Lipinski definition) is 0. The number of methoxy groups -OCH3 is 1. The van der Waals surface area contributed by atoms with Crippen LogP contribution in [-0.2, 0) is 11.0 Å². The molecule has 0 N–H and O–H groups in total. The lowest BCUT2D eigenvalue weighted by Gasteiger charge is -2.39. The van der Waals surface area contributed by atoms with E-state index in [1.807, 2.05) is 48.5 Å². The van der Waals surface area contributed by atoms with Gasteiger partial charge in [-0.1, -0.05) is 80.6 Å². The molecule has 1 aliphatic heterocycles. The third kappa shape index (κ3) is 3.84. The highest BCUT2D eigenvalue weighted by molar-refractivity contribution is 6.08. The van der Waals surface area contributed by atoms with E-state index in [4.69, 9.17) is 9.47 Å². The fraction of sp³-hybridized carbons (Fsp3) is 0.171. The van der Waals surface area contributed by atoms with E-state index in [1.54, 1.807) is 19.2 Å². The van der Waals surface area contributed by atoms with Gasteiger partial charge in [-0.15, -0.1) is 0 Å². The van der Waals surface area contributed by atoms with Crippen molar-refractivity contribution in [2.24, 2.45) is 0 Å². The Kier molecular flexibility index (Phi) is 6.15. The first kappa shape index (κ1) is 27.6. The average Bonchev–Trinajstić information content (AvgIpc) is 3.37. The summed E-state index contributed by atoms with van der Waals surface area (Å²) in [6.45, 7) is 4.33. The first-order chi connectivity index (χ1) is 21.9. The quantitative estimate of drug-likeness (QED) is 0.198. The summed E-state index contributed by atoms with van der Waals surface area (Å²) in [4.78, 5) is 0. The van der Waals surface area contributed by atoms with E-state index < -0.39 is 11.0 Å². The molecule has 0 radical (unpaired) electrons. The zero-order chi connectivity index (χ0) is 30.9. The molecule has 0 amide bonds. The smallest absolute Gasteiger partial charge is 0.178 e. The van der Waals surface area contributed by atoms with Gasteiger partial charge in [0.15, 0.2) is 5.60 Å². The summed E-state index contributed by atoms with van der Waals surface area (Å²) < 4.78 is 42.8. The van der Waals surface area contributed by atoms with Crippen LogP contribution in [0.5, 0.6) is 11.5 Å². The summed E-state index contributed by atoms with van der Waals surface area (Å²) in [7, 11) is 1.65. The summed E-state index contributed by atoms with van der Waals surface area (Å²) in [5.41, 5.74) is 5.54. The van der Waals surface area contributed by atoms with Gasteiger partial charge in [-0.3, -0.25) is 0 Å². The van der Waals surface area contributed by atoms with Crippen LogP contribution < -0.4 is 9.47 Å². The Morgan fingerprint density at radius 2 is 1.42 bits per heavy atom. The Labute approximate surface area is 261 Å². The van der Waals surface area contributed by atoms with E-state index >= 15 is 4.39 Å². The van der Waals surface area contributed by atoms with Gasteiger partial charge < -0.3 is 9.47 Å². The fourth-order valence-corrected chi connectivity index (χ4v) is 7.88. The first-order valence-corrected chi connectivity index (χ1v) is 15.5. The largest absolute Gasteiger partial charge is 0.497 e. The summed E-state index contributed by atoms with van der Waals surface area (Å²) >= 11 is 0. The Morgan fingerprint density at radius 1 is 0.711 bits per heavy atom. The highest BCUT2D eigenvalue weighted by Gasteiger charge is 2.47. The van der Waals surface area contributed by atoms with Gasteiger partial charge in [0, 0.05) is 27.5 Å². The number of hydrogen-bond acceptors (Lipinski definition) is 2. The minimum Gasteiger partial charge on any atom is -0.497 e. The van der Waals surface area contributed by atoms with Crippen molar-refractivity contribution in [3.05, 3.63) is 149 Å². The molecule has 1 heterocycles. The molecule has 4 heteroatoms. The van der Waals surface area contributed by atoms with Crippen LogP contribution in [0.2, 0.25) is 0 Å². The normalized spacial score (nSPS) is 17.5. The lowest BCUT2D eigenvalue weighted by Crippen LogP contribution is -2.35. The Bertz CT molecular complexity index is 2180. The van der Waals surface area contributed by atoms with Gasteiger partial charge in [0.05, 0.1) is 7.11 Å². The van der Waals surface area contributed by atoms with E-state index in [0.717, 1.165) is 73.7 Å². The van der Waals surface area contributed by atoms with Crippen molar-refractivity contribution in [3.63, 3.8) is 0 Å². The van der Waals surface area contributed by atoms with E-state index in [1.165, 1.54) is 12.1 Å². The van der Waals surface area contributed by atoms with Crippen LogP contribution >= 0.6 is 0 Å². The van der Waals surface area contributed by atoms with Crippen molar-refractivity contribution >= 4 is 27.6 Å². The molecule has 2 nitrogen and oxygen atoms in total. The molecule has 222 valence electrons. The zero-order valence-corrected chi connectivity index (χ0v) is 25.5. The second-order valence-corrected chi connectivity index (χ2v) is 12.1. The maximum absolute atomic E-state index is 15.2. The molecule has 6 aromatic carbocycles. The fourth-order valence-electron chi connectivity index (χ4n) is 7.88. The van der Waals surface area contributed by atoms with Crippen LogP contribution in [0.25, 0.3) is 38.7 Å². The third-order valence-corrected chi connectivity index (χ3v) is 10.2. The van der Waals surface area contributed by atoms with Gasteiger partial charge in [0.1, 0.15) is 23.1 Å². The second-order valence-electron chi connectivity index (χ2n) is 12.1. The summed E-state index contributed by atoms with van der Waals surface area (Å²) in [5.74, 6) is 0.796. The molecule has 0 saturated heterocycles. The van der Waals surface area contributed by atoms with Crippen molar-refractivity contribution in [2.45, 2.75) is 37.7 Å². The standard InChI is InChI=1S/C41H32F2O2/c1-4-40(5-2)36-24-30(43)15-19-33(36)37-32-18-14-29(42)23-35(32)39-34(38(37)40)20-21-41(45-39,27-12-16-31(44-3)17-13-27)28-11-10-25-8-6-7-9-26(25)22-28/h6-24H,4-5H2,1-3H3. The van der Waals surface area contributed by atoms with E-state index in [9.17, 15) is 4.39 Å². The summed E-state index contributed by atoms with van der Waals surface area (Å²) in [6, 6.07) is 32.6. The molecule has 0 saturated carbocycles. The molecule has 0 aromatic heterocycles. The number of fused-ring (bicyclic) bond motifs is 9. The van der Waals surface area contributed by atoms with Crippen molar-refractivity contribution in [1.29, 1.82) is 0 Å². The maximum atomic E-state index is 15.2. The minimum atomic E-state index is -1.00. The van der Waals surface area contributed by atoms with E-state index in [2.05, 4.69) is 56.3 Å². The number of rotatable bonds is 5. The van der Waals surface area contributed by atoms with E-state index in [0.29, 0.717) is 11.1 Å². The van der Waals surface area contributed by atoms with Gasteiger partial charge in [-0.05, 0) is 99.8 Å². The summed E-state index contributed by atoms with van der Waals surface area (Å²) in [5, 5.41) is 3.84. The molecule has 0 fully saturated rings. The highest BCUT2D eigenvalue weighted by Crippen LogP contribution is 2.60. The van der Waals surface area contributed by atoms with Crippen LogP contribution in [0.4, 0.5) is 8.78 Å². The molecule has 8 rings (SSSR count). The molecule has 1 unspecified atom stereocenters. The van der Waals surface area contributed by atoms with Crippen LogP contribution in [0.1, 0.15) is 54.5 Å². The molecular formula is C41H32F2O2. The van der Waals surface area contributed by atoms with Gasteiger partial charge in [0.2, 0.25) is 0 Å². The molecule has 2 aliphatic rings. The number of ether oxygens (including phenoxy) is 2. The summed E-state index contributed by atoms with van der Waals surface area (Å²) in [6.07, 6.45) is 5.86. The SMILES string of the molecule is CCC1(CC)c2cc(F)ccc2-c2c1c1c(c3cc(F)ccc23)OC(c2ccc(OC)cc2)(c2ccc3ccccc3c2)C=C1. The van der Waals surface area contributed by atoms with Crippen molar-refractivity contribution in [1.82, 2.24) is 0 Å². The zero-order valence-electron chi connectivity index (χ0n) is 25.5. The van der Waals surface area contributed by atoms with E-state index in [-0.39, 0.29) is 11.6 Å². The second kappa shape index (κ2) is 10.0. The maximum Gasteiger partial charge on any atom is 0.178 e. The molecular weight excluding hydrogens is 562 g/mol. The monoisotopic (exact) mass is 594 g/mol. The lowest BCUT2D eigenvalue weighted by atomic mass is 9.71. The van der Waals surface area contributed by atoms with Gasteiger partial charge in [-0.2, -0.15) is 0 Å². The topological polar surface area (TPSA) is 18.5 Å². The number of benzene rings is 6. The Morgan fingerprint density at radius 3 is 2.18 bits per heavy atom. The van der Waals surface area contributed by atoms with Crippen molar-refractivity contribution in [3.8, 4) is 22.6 Å². The molecule has 0 spiro atoms. The Hall–Kier alpha value is -4.96. The average molecular weight is 595 g/mol. The van der Waals surface area contributed by atoms with Gasteiger partial charge in [-0.25, -0.2) is 8.78 Å².